The Morgan fingerprint density at radius 2 is 2.17 bits per heavy atom. The highest BCUT2D eigenvalue weighted by molar-refractivity contribution is 7.80. The molecular weight excluding hydrogens is 244 g/mol. The van der Waals surface area contributed by atoms with Gasteiger partial charge in [0.25, 0.3) is 5.91 Å². The van der Waals surface area contributed by atoms with Crippen molar-refractivity contribution < 1.29 is 4.79 Å². The number of para-hydroxylation sites is 1. The molecule has 0 bridgehead atoms. The van der Waals surface area contributed by atoms with E-state index >= 15 is 0 Å². The second-order valence-corrected chi connectivity index (χ2v) is 5.16. The summed E-state index contributed by atoms with van der Waals surface area (Å²) in [7, 11) is 0. The maximum atomic E-state index is 12.5. The van der Waals surface area contributed by atoms with Gasteiger partial charge in [0.2, 0.25) is 0 Å². The van der Waals surface area contributed by atoms with Crippen molar-refractivity contribution in [3.05, 3.63) is 29.8 Å². The van der Waals surface area contributed by atoms with Gasteiger partial charge in [0.15, 0.2) is 5.11 Å². The summed E-state index contributed by atoms with van der Waals surface area (Å²) in [5.74, 6) is 0.151. The molecule has 0 aliphatic carbocycles. The molecule has 0 N–H and O–H groups in total. The van der Waals surface area contributed by atoms with Crippen molar-refractivity contribution in [1.82, 2.24) is 4.90 Å². The first-order valence-electron chi connectivity index (χ1n) is 6.46. The zero-order valence-corrected chi connectivity index (χ0v) is 11.2. The van der Waals surface area contributed by atoms with E-state index in [4.69, 9.17) is 12.2 Å². The van der Waals surface area contributed by atoms with Gasteiger partial charge in [-0.2, -0.15) is 0 Å². The number of carbonyl (C=O) groups is 1. The van der Waals surface area contributed by atoms with Crippen LogP contribution < -0.4 is 4.90 Å². The lowest BCUT2D eigenvalue weighted by atomic mass is 10.1. The van der Waals surface area contributed by atoms with E-state index in [-0.39, 0.29) is 11.9 Å². The number of aryl methyl sites for hydroxylation is 1. The van der Waals surface area contributed by atoms with Crippen LogP contribution in [0.25, 0.3) is 0 Å². The summed E-state index contributed by atoms with van der Waals surface area (Å²) in [5.41, 5.74) is 2.14. The van der Waals surface area contributed by atoms with Gasteiger partial charge in [0.1, 0.15) is 6.04 Å². The van der Waals surface area contributed by atoms with Crippen LogP contribution in [0.4, 0.5) is 5.69 Å². The van der Waals surface area contributed by atoms with Gasteiger partial charge in [-0.3, -0.25) is 9.69 Å². The second kappa shape index (κ2) is 4.35. The number of hydrogen-bond donors (Lipinski definition) is 0. The Morgan fingerprint density at radius 3 is 2.89 bits per heavy atom. The highest BCUT2D eigenvalue weighted by Crippen LogP contribution is 2.33. The van der Waals surface area contributed by atoms with Crippen LogP contribution in [-0.4, -0.2) is 28.5 Å². The minimum absolute atomic E-state index is 0.0117. The molecule has 1 amide bonds. The number of benzene rings is 1. The first-order valence-corrected chi connectivity index (χ1v) is 6.87. The number of carbonyl (C=O) groups excluding carboxylic acids is 1. The van der Waals surface area contributed by atoms with Crippen LogP contribution in [-0.2, 0) is 11.2 Å². The predicted molar refractivity (Wildman–Crippen MR) is 75.6 cm³/mol. The number of nitrogens with zero attached hydrogens (tertiary/aromatic N) is 2. The van der Waals surface area contributed by atoms with Crippen molar-refractivity contribution in [1.29, 1.82) is 0 Å². The van der Waals surface area contributed by atoms with Crippen LogP contribution in [0.15, 0.2) is 24.3 Å². The van der Waals surface area contributed by atoms with Crippen LogP contribution in [0.5, 0.6) is 0 Å². The Bertz CT molecular complexity index is 492. The fraction of sp³-hybridized carbons (Fsp3) is 0.429. The van der Waals surface area contributed by atoms with Gasteiger partial charge in [-0.15, -0.1) is 0 Å². The molecule has 0 saturated carbocycles. The third-order valence-corrected chi connectivity index (χ3v) is 4.23. The number of rotatable bonds is 2. The van der Waals surface area contributed by atoms with Crippen LogP contribution in [0, 0.1) is 0 Å². The third kappa shape index (κ3) is 1.56. The monoisotopic (exact) mass is 260 g/mol. The van der Waals surface area contributed by atoms with Gasteiger partial charge in [0.05, 0.1) is 5.69 Å². The highest BCUT2D eigenvalue weighted by Gasteiger charge is 2.45. The Labute approximate surface area is 112 Å². The molecule has 0 aromatic heterocycles. The van der Waals surface area contributed by atoms with Crippen molar-refractivity contribution in [3.63, 3.8) is 0 Å². The Hall–Kier alpha value is -1.42. The van der Waals surface area contributed by atoms with E-state index in [1.54, 1.807) is 4.90 Å². The highest BCUT2D eigenvalue weighted by atomic mass is 32.1. The molecule has 2 saturated heterocycles. The van der Waals surface area contributed by atoms with E-state index in [1.165, 1.54) is 5.56 Å². The third-order valence-electron chi connectivity index (χ3n) is 3.81. The number of fused-ring (bicyclic) bond motifs is 1. The largest absolute Gasteiger partial charge is 0.336 e. The zero-order valence-electron chi connectivity index (χ0n) is 10.4. The van der Waals surface area contributed by atoms with Gasteiger partial charge < -0.3 is 4.90 Å². The summed E-state index contributed by atoms with van der Waals surface area (Å²) in [6, 6.07) is 8.02. The average molecular weight is 260 g/mol. The van der Waals surface area contributed by atoms with Crippen molar-refractivity contribution in [2.45, 2.75) is 32.2 Å². The van der Waals surface area contributed by atoms with E-state index < -0.39 is 0 Å². The minimum Gasteiger partial charge on any atom is -0.336 e. The van der Waals surface area contributed by atoms with Crippen molar-refractivity contribution in [3.8, 4) is 0 Å². The van der Waals surface area contributed by atoms with Gasteiger partial charge in [-0.25, -0.2) is 0 Å². The Kier molecular flexibility index (Phi) is 2.82. The van der Waals surface area contributed by atoms with Crippen molar-refractivity contribution in [2.75, 3.05) is 11.4 Å². The number of amides is 1. The fourth-order valence-electron chi connectivity index (χ4n) is 2.87. The number of hydrogen-bond acceptors (Lipinski definition) is 2. The Morgan fingerprint density at radius 1 is 1.39 bits per heavy atom. The molecule has 3 nitrogen and oxygen atoms in total. The standard InChI is InChI=1S/C14H16N2OS/c1-2-10-6-3-4-7-11(10)16-13(17)12-8-5-9-15(12)14(16)18/h3-4,6-7,12H,2,5,8-9H2,1H3. The van der Waals surface area contributed by atoms with Crippen molar-refractivity contribution in [2.24, 2.45) is 0 Å². The van der Waals surface area contributed by atoms with Gasteiger partial charge in [0, 0.05) is 6.54 Å². The molecule has 3 rings (SSSR count). The first kappa shape index (κ1) is 11.7. The molecule has 1 atom stereocenters. The molecule has 94 valence electrons. The van der Waals surface area contributed by atoms with Crippen LogP contribution in [0.3, 0.4) is 0 Å². The summed E-state index contributed by atoms with van der Waals surface area (Å²) >= 11 is 5.48. The smallest absolute Gasteiger partial charge is 0.256 e. The molecule has 1 aromatic rings. The van der Waals surface area contributed by atoms with E-state index in [2.05, 4.69) is 17.9 Å². The lowest BCUT2D eigenvalue weighted by molar-refractivity contribution is -0.119. The topological polar surface area (TPSA) is 23.6 Å². The van der Waals surface area contributed by atoms with Gasteiger partial charge in [-0.05, 0) is 43.1 Å². The number of anilines is 1. The summed E-state index contributed by atoms with van der Waals surface area (Å²) < 4.78 is 0. The molecule has 0 spiro atoms. The number of thiocarbonyl (C=S) groups is 1. The van der Waals surface area contributed by atoms with Crippen LogP contribution >= 0.6 is 12.2 Å². The van der Waals surface area contributed by atoms with Crippen LogP contribution in [0.2, 0.25) is 0 Å². The molecule has 2 heterocycles. The molecule has 18 heavy (non-hydrogen) atoms. The molecular formula is C14H16N2OS. The molecule has 2 aliphatic heterocycles. The SMILES string of the molecule is CCc1ccccc1N1C(=O)C2CCCN2C1=S. The lowest BCUT2D eigenvalue weighted by Gasteiger charge is -2.21. The maximum absolute atomic E-state index is 12.5. The molecule has 2 aliphatic rings. The van der Waals surface area contributed by atoms with E-state index in [0.717, 1.165) is 31.5 Å². The summed E-state index contributed by atoms with van der Waals surface area (Å²) in [6.45, 7) is 3.02. The van der Waals surface area contributed by atoms with Crippen LogP contribution in [0.1, 0.15) is 25.3 Å². The molecule has 2 fully saturated rings. The Balaban J connectivity index is 2.02. The summed E-state index contributed by atoms with van der Waals surface area (Å²) in [6.07, 6.45) is 2.91. The van der Waals surface area contributed by atoms with Gasteiger partial charge in [-0.1, -0.05) is 25.1 Å². The summed E-state index contributed by atoms with van der Waals surface area (Å²) in [5, 5.41) is 0.684. The van der Waals surface area contributed by atoms with Gasteiger partial charge >= 0.3 is 0 Å². The molecule has 4 heteroatoms. The molecule has 1 aromatic carbocycles. The second-order valence-electron chi connectivity index (χ2n) is 4.79. The fourth-order valence-corrected chi connectivity index (χ4v) is 3.28. The van der Waals surface area contributed by atoms with E-state index in [0.29, 0.717) is 5.11 Å². The minimum atomic E-state index is -0.0117. The molecule has 1 unspecified atom stereocenters. The zero-order chi connectivity index (χ0) is 12.7. The summed E-state index contributed by atoms with van der Waals surface area (Å²) in [4.78, 5) is 16.3. The predicted octanol–water partition coefficient (Wildman–Crippen LogP) is 2.34. The normalized spacial score (nSPS) is 22.8. The van der Waals surface area contributed by atoms with E-state index in [9.17, 15) is 4.79 Å². The van der Waals surface area contributed by atoms with E-state index in [1.807, 2.05) is 18.2 Å². The average Bonchev–Trinajstić information content (AvgIpc) is 2.95. The first-order chi connectivity index (χ1) is 8.74. The maximum Gasteiger partial charge on any atom is 0.256 e. The quantitative estimate of drug-likeness (QED) is 0.763. The van der Waals surface area contributed by atoms with Crippen molar-refractivity contribution >= 4 is 28.9 Å². The lowest BCUT2D eigenvalue weighted by Crippen LogP contribution is -2.33. The molecule has 0 radical (unpaired) electrons.